The summed E-state index contributed by atoms with van der Waals surface area (Å²) in [5, 5.41) is 15.3. The first kappa shape index (κ1) is 18.4. The molecule has 0 spiro atoms. The summed E-state index contributed by atoms with van der Waals surface area (Å²) >= 11 is 7.25. The number of thiophene rings is 1. The van der Waals surface area contributed by atoms with Gasteiger partial charge in [-0.15, -0.1) is 11.3 Å². The van der Waals surface area contributed by atoms with Crippen LogP contribution in [0.15, 0.2) is 24.3 Å². The number of anilines is 2. The van der Waals surface area contributed by atoms with E-state index >= 15 is 0 Å². The second kappa shape index (κ2) is 7.88. The number of aliphatic carboxylic acids is 1. The third-order valence-corrected chi connectivity index (χ3v) is 5.53. The number of hydrogen-bond acceptors (Lipinski definition) is 4. The third-order valence-electron chi connectivity index (χ3n) is 4.07. The normalized spacial score (nSPS) is 12.5. The summed E-state index contributed by atoms with van der Waals surface area (Å²) in [5.41, 5.74) is 2.05. The summed E-state index contributed by atoms with van der Waals surface area (Å²) in [6.07, 6.45) is 2.28. The van der Waals surface area contributed by atoms with Gasteiger partial charge in [0.15, 0.2) is 0 Å². The Morgan fingerprint density at radius 3 is 2.50 bits per heavy atom. The Hall–Kier alpha value is -2.38. The van der Waals surface area contributed by atoms with Gasteiger partial charge in [0.2, 0.25) is 5.91 Å². The van der Waals surface area contributed by atoms with Gasteiger partial charge in [0, 0.05) is 22.0 Å². The molecule has 0 bridgehead atoms. The maximum atomic E-state index is 12.8. The summed E-state index contributed by atoms with van der Waals surface area (Å²) in [6.45, 7) is 0. The summed E-state index contributed by atoms with van der Waals surface area (Å²) in [6, 6.07) is 6.78. The summed E-state index contributed by atoms with van der Waals surface area (Å²) in [4.78, 5) is 36.5. The average Bonchev–Trinajstić information content (AvgIpc) is 3.15. The zero-order valence-corrected chi connectivity index (χ0v) is 15.4. The Morgan fingerprint density at radius 2 is 1.81 bits per heavy atom. The molecule has 0 aliphatic heterocycles. The lowest BCUT2D eigenvalue weighted by Crippen LogP contribution is -2.18. The number of fused-ring (bicyclic) bond motifs is 1. The van der Waals surface area contributed by atoms with Gasteiger partial charge in [0.25, 0.3) is 5.91 Å². The number of benzene rings is 1. The molecule has 1 aromatic heterocycles. The van der Waals surface area contributed by atoms with Crippen molar-refractivity contribution in [1.29, 1.82) is 0 Å². The van der Waals surface area contributed by atoms with Crippen LogP contribution in [0.25, 0.3) is 0 Å². The predicted molar refractivity (Wildman–Crippen MR) is 101 cm³/mol. The van der Waals surface area contributed by atoms with Crippen molar-refractivity contribution in [2.24, 2.45) is 0 Å². The molecule has 2 aromatic rings. The molecule has 0 saturated carbocycles. The van der Waals surface area contributed by atoms with Crippen molar-refractivity contribution in [2.45, 2.75) is 32.1 Å². The van der Waals surface area contributed by atoms with Crippen molar-refractivity contribution in [3.63, 3.8) is 0 Å². The van der Waals surface area contributed by atoms with E-state index in [2.05, 4.69) is 10.6 Å². The van der Waals surface area contributed by atoms with Crippen LogP contribution in [0, 0.1) is 0 Å². The van der Waals surface area contributed by atoms with Crippen LogP contribution in [0.1, 0.15) is 40.1 Å². The van der Waals surface area contributed by atoms with E-state index in [9.17, 15) is 14.4 Å². The van der Waals surface area contributed by atoms with Crippen LogP contribution in [-0.2, 0) is 22.4 Å². The van der Waals surface area contributed by atoms with Gasteiger partial charge in [0.1, 0.15) is 5.00 Å². The number of aryl methyl sites for hydroxylation is 1. The van der Waals surface area contributed by atoms with E-state index in [0.717, 1.165) is 29.7 Å². The minimum Gasteiger partial charge on any atom is -0.481 e. The van der Waals surface area contributed by atoms with Crippen LogP contribution >= 0.6 is 22.9 Å². The van der Waals surface area contributed by atoms with Gasteiger partial charge in [-0.2, -0.15) is 0 Å². The van der Waals surface area contributed by atoms with Crippen molar-refractivity contribution in [1.82, 2.24) is 0 Å². The highest BCUT2D eigenvalue weighted by molar-refractivity contribution is 7.17. The molecule has 0 fully saturated rings. The van der Waals surface area contributed by atoms with E-state index in [1.807, 2.05) is 0 Å². The first-order valence-corrected chi connectivity index (χ1v) is 9.36. The van der Waals surface area contributed by atoms with Crippen molar-refractivity contribution >= 4 is 51.4 Å². The zero-order valence-electron chi connectivity index (χ0n) is 13.8. The lowest BCUT2D eigenvalue weighted by Gasteiger charge is -2.09. The summed E-state index contributed by atoms with van der Waals surface area (Å²) < 4.78 is 0. The van der Waals surface area contributed by atoms with E-state index in [-0.39, 0.29) is 18.7 Å². The minimum atomic E-state index is -1.03. The van der Waals surface area contributed by atoms with Crippen molar-refractivity contribution in [3.8, 4) is 0 Å². The molecule has 8 heteroatoms. The van der Waals surface area contributed by atoms with E-state index < -0.39 is 11.9 Å². The molecule has 26 heavy (non-hydrogen) atoms. The highest BCUT2D eigenvalue weighted by Crippen LogP contribution is 2.39. The molecule has 0 radical (unpaired) electrons. The van der Waals surface area contributed by atoms with E-state index in [0.29, 0.717) is 21.3 Å². The Kier molecular flexibility index (Phi) is 5.58. The lowest BCUT2D eigenvalue weighted by atomic mass is 10.1. The second-order valence-corrected chi connectivity index (χ2v) is 7.51. The fraction of sp³-hybridized carbons (Fsp3) is 0.278. The Balaban J connectivity index is 1.80. The summed E-state index contributed by atoms with van der Waals surface area (Å²) in [7, 11) is 0. The number of carboxylic acids is 1. The first-order valence-electron chi connectivity index (χ1n) is 8.17. The molecule has 3 rings (SSSR count). The number of halogens is 1. The number of carbonyl (C=O) groups is 3. The van der Waals surface area contributed by atoms with Crippen LogP contribution in [0.2, 0.25) is 5.02 Å². The number of carbonyl (C=O) groups excluding carboxylic acids is 2. The third kappa shape index (κ3) is 4.23. The fourth-order valence-electron chi connectivity index (χ4n) is 2.87. The van der Waals surface area contributed by atoms with Gasteiger partial charge >= 0.3 is 5.97 Å². The van der Waals surface area contributed by atoms with Gasteiger partial charge in [-0.1, -0.05) is 11.6 Å². The lowest BCUT2D eigenvalue weighted by molar-refractivity contribution is -0.138. The molecule has 2 amide bonds. The van der Waals surface area contributed by atoms with Crippen LogP contribution in [0.4, 0.5) is 10.7 Å². The average molecular weight is 393 g/mol. The molecule has 1 aliphatic rings. The number of hydrogen-bond donors (Lipinski definition) is 3. The molecule has 136 valence electrons. The van der Waals surface area contributed by atoms with Crippen LogP contribution < -0.4 is 10.6 Å². The van der Waals surface area contributed by atoms with E-state index in [1.54, 1.807) is 24.3 Å². The molecule has 3 N–H and O–H groups in total. The van der Waals surface area contributed by atoms with Gasteiger partial charge in [-0.3, -0.25) is 14.4 Å². The smallest absolute Gasteiger partial charge is 0.303 e. The number of rotatable bonds is 6. The quantitative estimate of drug-likeness (QED) is 0.693. The van der Waals surface area contributed by atoms with Crippen LogP contribution in [0.3, 0.4) is 0 Å². The number of nitrogens with one attached hydrogen (secondary N) is 2. The monoisotopic (exact) mass is 392 g/mol. The number of carboxylic acid groups (broad SMARTS) is 1. The zero-order chi connectivity index (χ0) is 18.7. The Bertz CT molecular complexity index is 861. The molecule has 1 aliphatic carbocycles. The van der Waals surface area contributed by atoms with E-state index in [1.165, 1.54) is 11.3 Å². The molecular formula is C18H17ClN2O4S. The Labute approximate surface area is 159 Å². The molecule has 0 atom stereocenters. The largest absolute Gasteiger partial charge is 0.481 e. The van der Waals surface area contributed by atoms with Crippen molar-refractivity contribution < 1.29 is 19.5 Å². The van der Waals surface area contributed by atoms with Gasteiger partial charge in [-0.05, 0) is 49.1 Å². The number of amides is 2. The predicted octanol–water partition coefficient (Wildman–Crippen LogP) is 3.95. The highest BCUT2D eigenvalue weighted by Gasteiger charge is 2.27. The SMILES string of the molecule is O=C(O)CCC(=O)Nc1sc2c(c1C(=O)Nc1ccc(Cl)cc1)CCC2. The molecule has 0 unspecified atom stereocenters. The van der Waals surface area contributed by atoms with Crippen molar-refractivity contribution in [3.05, 3.63) is 45.3 Å². The topological polar surface area (TPSA) is 95.5 Å². The molecule has 0 saturated heterocycles. The molecule has 1 aromatic carbocycles. The Morgan fingerprint density at radius 1 is 1.08 bits per heavy atom. The molecular weight excluding hydrogens is 376 g/mol. The van der Waals surface area contributed by atoms with Crippen LogP contribution in [0.5, 0.6) is 0 Å². The summed E-state index contributed by atoms with van der Waals surface area (Å²) in [5.74, 6) is -1.73. The van der Waals surface area contributed by atoms with Crippen LogP contribution in [-0.4, -0.2) is 22.9 Å². The van der Waals surface area contributed by atoms with Gasteiger partial charge in [0.05, 0.1) is 12.0 Å². The van der Waals surface area contributed by atoms with E-state index in [4.69, 9.17) is 16.7 Å². The maximum Gasteiger partial charge on any atom is 0.303 e. The van der Waals surface area contributed by atoms with Gasteiger partial charge in [-0.25, -0.2) is 0 Å². The molecule has 1 heterocycles. The van der Waals surface area contributed by atoms with Crippen molar-refractivity contribution in [2.75, 3.05) is 10.6 Å². The second-order valence-electron chi connectivity index (χ2n) is 5.96. The maximum absolute atomic E-state index is 12.8. The first-order chi connectivity index (χ1) is 12.4. The minimum absolute atomic E-state index is 0.129. The standard InChI is InChI=1S/C18H17ClN2O4S/c19-10-4-6-11(7-5-10)20-17(25)16-12-2-1-3-13(12)26-18(16)21-14(22)8-9-15(23)24/h4-7H,1-3,8-9H2,(H,20,25)(H,21,22)(H,23,24). The van der Waals surface area contributed by atoms with Gasteiger partial charge < -0.3 is 15.7 Å². The highest BCUT2D eigenvalue weighted by atomic mass is 35.5. The molecule has 6 nitrogen and oxygen atoms in total. The fourth-order valence-corrected chi connectivity index (χ4v) is 4.30.